The molecule has 0 unspecified atom stereocenters. The van der Waals surface area contributed by atoms with E-state index in [4.69, 9.17) is 30.6 Å². The standard InChI is InChI=1S/C14H13N2.C8H7ClN2O.CH3.2Li/c1-15-16-11-14(9-13(10-14)7-8-13)12-5-3-2-4-6-12;1-5(9)7-2-6(3-10)11-8(7)4-12;;;/h1-3,5-6H,7-10H2;1-2,11H,3,10H2;1H3;;/q-3;-2;-1;2*+1. The Morgan fingerprint density at radius 2 is 2.03 bits per heavy atom. The molecule has 0 radical (unpaired) electrons. The third-order valence-corrected chi connectivity index (χ3v) is 5.55. The van der Waals surface area contributed by atoms with Crippen molar-refractivity contribution in [2.24, 2.45) is 21.4 Å². The number of nitrogens with one attached hydrogen (secondary N) is 1. The molecule has 1 spiro atoms. The van der Waals surface area contributed by atoms with Gasteiger partial charge in [-0.2, -0.15) is 41.3 Å². The first kappa shape index (κ1) is 29.7. The van der Waals surface area contributed by atoms with Gasteiger partial charge in [0, 0.05) is 18.5 Å². The Labute approximate surface area is 214 Å². The molecule has 8 heteroatoms. The Morgan fingerprint density at radius 1 is 1.35 bits per heavy atom. The summed E-state index contributed by atoms with van der Waals surface area (Å²) in [5.74, 6) is 0. The summed E-state index contributed by atoms with van der Waals surface area (Å²) >= 11 is 5.51. The number of hydrogen-bond donors (Lipinski definition) is 2. The summed E-state index contributed by atoms with van der Waals surface area (Å²) in [6, 6.07) is 12.8. The minimum absolute atomic E-state index is 0. The average molecular weight is 421 g/mol. The smallest absolute Gasteiger partial charge is 0.417 e. The van der Waals surface area contributed by atoms with Gasteiger partial charge in [0.05, 0.1) is 0 Å². The summed E-state index contributed by atoms with van der Waals surface area (Å²) in [4.78, 5) is 13.1. The van der Waals surface area contributed by atoms with Gasteiger partial charge >= 0.3 is 37.7 Å². The van der Waals surface area contributed by atoms with Crippen molar-refractivity contribution >= 4 is 35.9 Å². The first-order chi connectivity index (χ1) is 13.5. The number of aromatic amines is 1. The van der Waals surface area contributed by atoms with E-state index in [-0.39, 0.29) is 61.3 Å². The predicted octanol–water partition coefficient (Wildman–Crippen LogP) is -1.86. The van der Waals surface area contributed by atoms with E-state index in [2.05, 4.69) is 33.5 Å². The minimum Gasteiger partial charge on any atom is -0.417 e. The van der Waals surface area contributed by atoms with Crippen molar-refractivity contribution in [3.63, 3.8) is 0 Å². The molecule has 2 aliphatic rings. The van der Waals surface area contributed by atoms with Crippen LogP contribution < -0.4 is 43.5 Å². The summed E-state index contributed by atoms with van der Waals surface area (Å²) in [7, 11) is 0. The van der Waals surface area contributed by atoms with Gasteiger partial charge in [0.1, 0.15) is 0 Å². The van der Waals surface area contributed by atoms with Crippen LogP contribution in [0.25, 0.3) is 5.03 Å². The quantitative estimate of drug-likeness (QED) is 0.249. The largest absolute Gasteiger partial charge is 1.00 e. The molecule has 5 nitrogen and oxygen atoms in total. The number of carbonyl (C=O) groups excluding carboxylic acids is 1. The average Bonchev–Trinajstić information content (AvgIpc) is 3.35. The fraction of sp³-hybridized carbons (Fsp3) is 0.304. The Kier molecular flexibility index (Phi) is 12.1. The van der Waals surface area contributed by atoms with Gasteiger partial charge < -0.3 is 46.1 Å². The summed E-state index contributed by atoms with van der Waals surface area (Å²) < 4.78 is 0. The molecule has 2 aromatic rings. The number of nitrogens with zero attached hydrogens (tertiary/aromatic N) is 2. The monoisotopic (exact) mass is 420 g/mol. The molecule has 0 aliphatic heterocycles. The van der Waals surface area contributed by atoms with Gasteiger partial charge in [-0.3, -0.25) is 6.58 Å². The third-order valence-electron chi connectivity index (χ3n) is 5.34. The summed E-state index contributed by atoms with van der Waals surface area (Å²) in [5, 5.41) is 7.13. The molecule has 0 saturated heterocycles. The van der Waals surface area contributed by atoms with Crippen molar-refractivity contribution in [2.45, 2.75) is 37.6 Å². The van der Waals surface area contributed by atoms with E-state index in [1.54, 1.807) is 12.4 Å². The van der Waals surface area contributed by atoms with E-state index in [0.29, 0.717) is 23.2 Å². The maximum Gasteiger partial charge on any atom is 1.00 e. The fourth-order valence-corrected chi connectivity index (χ4v) is 3.96. The number of nitrogens with two attached hydrogens (primary N) is 1. The van der Waals surface area contributed by atoms with Crippen molar-refractivity contribution in [1.29, 1.82) is 0 Å². The molecule has 154 valence electrons. The number of rotatable bonds is 6. The van der Waals surface area contributed by atoms with E-state index in [1.165, 1.54) is 18.4 Å². The van der Waals surface area contributed by atoms with Crippen molar-refractivity contribution in [1.82, 2.24) is 4.98 Å². The number of benzene rings is 1. The van der Waals surface area contributed by atoms with Crippen LogP contribution >= 0.6 is 11.6 Å². The van der Waals surface area contributed by atoms with E-state index in [1.807, 2.05) is 18.2 Å². The second-order valence-corrected chi connectivity index (χ2v) is 7.70. The second kappa shape index (κ2) is 12.7. The first-order valence-electron chi connectivity index (χ1n) is 8.90. The van der Waals surface area contributed by atoms with Crippen LogP contribution in [0.5, 0.6) is 0 Å². The van der Waals surface area contributed by atoms with Gasteiger partial charge in [0.25, 0.3) is 0 Å². The topological polar surface area (TPSA) is 83.6 Å². The van der Waals surface area contributed by atoms with Crippen molar-refractivity contribution in [3.05, 3.63) is 72.9 Å². The molecule has 2 aliphatic carbocycles. The van der Waals surface area contributed by atoms with Crippen LogP contribution in [0.15, 0.2) is 40.5 Å². The zero-order valence-corrected chi connectivity index (χ0v) is 19.1. The van der Waals surface area contributed by atoms with Crippen molar-refractivity contribution in [3.8, 4) is 0 Å². The van der Waals surface area contributed by atoms with E-state index in [0.717, 1.165) is 12.8 Å². The van der Waals surface area contributed by atoms with Gasteiger partial charge in [-0.15, -0.1) is 28.3 Å². The molecule has 1 aromatic heterocycles. The molecule has 0 bridgehead atoms. The maximum absolute atomic E-state index is 10.3. The molecule has 0 amide bonds. The molecule has 3 N–H and O–H groups in total. The van der Waals surface area contributed by atoms with Gasteiger partial charge in [-0.05, 0) is 18.3 Å². The molecule has 1 heterocycles. The number of aromatic nitrogens is 1. The van der Waals surface area contributed by atoms with Crippen LogP contribution in [0.3, 0.4) is 0 Å². The molecule has 4 rings (SSSR count). The van der Waals surface area contributed by atoms with Crippen LogP contribution in [0.2, 0.25) is 0 Å². The third kappa shape index (κ3) is 6.84. The Morgan fingerprint density at radius 3 is 2.45 bits per heavy atom. The fourth-order valence-electron chi connectivity index (χ4n) is 3.81. The molecular formula is C23H23ClLi2N4O-4. The summed E-state index contributed by atoms with van der Waals surface area (Å²) in [6.45, 7) is 10.7. The second-order valence-electron chi connectivity index (χ2n) is 7.29. The normalized spacial score (nSPS) is 16.3. The number of H-pyrrole nitrogens is 1. The van der Waals surface area contributed by atoms with Crippen LogP contribution in [0, 0.1) is 25.5 Å². The van der Waals surface area contributed by atoms with E-state index in [9.17, 15) is 4.79 Å². The first-order valence-corrected chi connectivity index (χ1v) is 9.27. The molecule has 0 atom stereocenters. The molecular weight excluding hydrogens is 398 g/mol. The van der Waals surface area contributed by atoms with Crippen LogP contribution in [0.1, 0.15) is 48.2 Å². The Bertz CT molecular complexity index is 900. The Balaban J connectivity index is 0.000000549. The molecule has 2 saturated carbocycles. The molecule has 2 fully saturated rings. The zero-order chi connectivity index (χ0) is 20.2. The van der Waals surface area contributed by atoms with Crippen LogP contribution in [-0.2, 0) is 16.8 Å². The summed E-state index contributed by atoms with van der Waals surface area (Å²) in [6.07, 6.45) is 9.77. The molecule has 1 aromatic carbocycles. The number of hydrogen-bond acceptors (Lipinski definition) is 4. The van der Waals surface area contributed by atoms with Gasteiger partial charge in [-0.1, -0.05) is 18.5 Å². The zero-order valence-electron chi connectivity index (χ0n) is 18.3. The SMILES string of the molecule is [CH-]=C(Cl)c1cc(CN)[nH]c1[C-]=O.[CH-]=NN=[C-]C1(c2c[c-]ccc2)CC2(CC2)C1.[CH3-].[Li+].[Li+]. The van der Waals surface area contributed by atoms with Crippen molar-refractivity contribution < 1.29 is 42.5 Å². The molecule has 31 heavy (non-hydrogen) atoms. The van der Waals surface area contributed by atoms with E-state index >= 15 is 0 Å². The summed E-state index contributed by atoms with van der Waals surface area (Å²) in [5.41, 5.74) is 8.49. The van der Waals surface area contributed by atoms with Gasteiger partial charge in [0.15, 0.2) is 0 Å². The maximum atomic E-state index is 10.3. The Hall–Kier alpha value is -1.31. The number of halogens is 1. The minimum atomic E-state index is -0.0584. The van der Waals surface area contributed by atoms with Crippen molar-refractivity contribution in [2.75, 3.05) is 0 Å². The van der Waals surface area contributed by atoms with E-state index < -0.39 is 0 Å². The van der Waals surface area contributed by atoms with Crippen LogP contribution in [0.4, 0.5) is 0 Å². The van der Waals surface area contributed by atoms with Gasteiger partial charge in [-0.25, -0.2) is 0 Å². The van der Waals surface area contributed by atoms with Crippen LogP contribution in [-0.4, -0.2) is 24.2 Å². The van der Waals surface area contributed by atoms with Gasteiger partial charge in [0.2, 0.25) is 0 Å². The predicted molar refractivity (Wildman–Crippen MR) is 117 cm³/mol.